The molecule has 0 saturated heterocycles. The van der Waals surface area contributed by atoms with Crippen LogP contribution in [0.5, 0.6) is 0 Å². The summed E-state index contributed by atoms with van der Waals surface area (Å²) in [5.41, 5.74) is 0. The van der Waals surface area contributed by atoms with Crippen LogP contribution in [0.1, 0.15) is 245 Å². The molecular formula is C73H114O5. The summed E-state index contributed by atoms with van der Waals surface area (Å²) in [6.07, 6.45) is 104. The maximum atomic E-state index is 12.3. The van der Waals surface area contributed by atoms with Crippen molar-refractivity contribution >= 4 is 11.9 Å². The molecule has 0 aliphatic carbocycles. The second-order valence-electron chi connectivity index (χ2n) is 20.0. The highest BCUT2D eigenvalue weighted by Gasteiger charge is 2.16. The molecule has 0 bridgehead atoms. The number of aliphatic hydroxyl groups is 1. The second kappa shape index (κ2) is 66.3. The van der Waals surface area contributed by atoms with E-state index in [0.717, 1.165) is 128 Å². The molecule has 5 heteroatoms. The van der Waals surface area contributed by atoms with E-state index in [2.05, 4.69) is 196 Å². The molecule has 0 aliphatic heterocycles. The molecule has 0 aromatic rings. The highest BCUT2D eigenvalue weighted by Crippen LogP contribution is 2.15. The molecule has 0 saturated carbocycles. The molecule has 0 amide bonds. The number of unbranched alkanes of at least 4 members (excludes halogenated alkanes) is 17. The van der Waals surface area contributed by atoms with Gasteiger partial charge in [-0.3, -0.25) is 9.59 Å². The lowest BCUT2D eigenvalue weighted by atomic mass is 10.0. The van der Waals surface area contributed by atoms with Crippen LogP contribution in [0.3, 0.4) is 0 Å². The fourth-order valence-corrected chi connectivity index (χ4v) is 8.08. The first kappa shape index (κ1) is 73.0. The molecular weight excluding hydrogens is 957 g/mol. The van der Waals surface area contributed by atoms with Crippen LogP contribution < -0.4 is 0 Å². The summed E-state index contributed by atoms with van der Waals surface area (Å²) in [5.74, 6) is -0.652. The zero-order valence-corrected chi connectivity index (χ0v) is 49.8. The summed E-state index contributed by atoms with van der Waals surface area (Å²) in [6, 6.07) is 0. The van der Waals surface area contributed by atoms with Gasteiger partial charge in [0, 0.05) is 12.8 Å². The Hall–Kier alpha value is -5.00. The SMILES string of the molecule is CC/C=C\C/C=C\C/C=C\C/C=C\C/C=C\C/C=C\C/C=C\C/C=C\C/C=C\C/C=C\CCCCC(=O)OC(CO)COC(=O)CCCCCCCCCCCCCCCCC/C=C\C/C=C\C/C=C\C/C=C\C/C=C\CC. The predicted molar refractivity (Wildman–Crippen MR) is 343 cm³/mol. The number of allylic oxidation sites excluding steroid dienone is 30. The molecule has 1 atom stereocenters. The van der Waals surface area contributed by atoms with Crippen LogP contribution >= 0.6 is 0 Å². The Bertz CT molecular complexity index is 1780. The largest absolute Gasteiger partial charge is 0.462 e. The molecule has 1 N–H and O–H groups in total. The number of hydrogen-bond acceptors (Lipinski definition) is 5. The number of carbonyl (C=O) groups excluding carboxylic acids is 2. The van der Waals surface area contributed by atoms with E-state index in [0.29, 0.717) is 12.8 Å². The molecule has 1 unspecified atom stereocenters. The van der Waals surface area contributed by atoms with Gasteiger partial charge in [-0.05, 0) is 135 Å². The van der Waals surface area contributed by atoms with Crippen LogP contribution in [0.2, 0.25) is 0 Å². The Morgan fingerprint density at radius 3 is 0.795 bits per heavy atom. The smallest absolute Gasteiger partial charge is 0.306 e. The molecule has 0 rings (SSSR count). The Kier molecular flexibility index (Phi) is 62.0. The molecule has 0 aromatic carbocycles. The number of carbonyl (C=O) groups is 2. The summed E-state index contributed by atoms with van der Waals surface area (Å²) in [4.78, 5) is 24.6. The number of esters is 2. The summed E-state index contributed by atoms with van der Waals surface area (Å²) in [6.45, 7) is 3.87. The van der Waals surface area contributed by atoms with Gasteiger partial charge in [0.05, 0.1) is 6.61 Å². The summed E-state index contributed by atoms with van der Waals surface area (Å²) < 4.78 is 10.7. The number of hydrogen-bond donors (Lipinski definition) is 1. The van der Waals surface area contributed by atoms with Gasteiger partial charge in [0.2, 0.25) is 0 Å². The highest BCUT2D eigenvalue weighted by molar-refractivity contribution is 5.70. The van der Waals surface area contributed by atoms with E-state index in [1.807, 2.05) is 0 Å². The number of aliphatic hydroxyl groups excluding tert-OH is 1. The van der Waals surface area contributed by atoms with Gasteiger partial charge >= 0.3 is 11.9 Å². The van der Waals surface area contributed by atoms with Crippen LogP contribution in [-0.4, -0.2) is 36.4 Å². The summed E-state index contributed by atoms with van der Waals surface area (Å²) in [7, 11) is 0. The van der Waals surface area contributed by atoms with Gasteiger partial charge in [-0.25, -0.2) is 0 Å². The first-order valence-electron chi connectivity index (χ1n) is 31.3. The predicted octanol–water partition coefficient (Wildman–Crippen LogP) is 21.9. The first-order chi connectivity index (χ1) is 38.6. The van der Waals surface area contributed by atoms with Gasteiger partial charge in [-0.1, -0.05) is 280 Å². The molecule has 0 fully saturated rings. The summed E-state index contributed by atoms with van der Waals surface area (Å²) >= 11 is 0. The van der Waals surface area contributed by atoms with Crippen molar-refractivity contribution in [2.24, 2.45) is 0 Å². The van der Waals surface area contributed by atoms with Gasteiger partial charge in [0.15, 0.2) is 6.10 Å². The molecule has 78 heavy (non-hydrogen) atoms. The minimum Gasteiger partial charge on any atom is -0.462 e. The Balaban J connectivity index is 3.63. The topological polar surface area (TPSA) is 72.8 Å². The molecule has 0 aliphatic rings. The van der Waals surface area contributed by atoms with E-state index in [1.54, 1.807) is 0 Å². The average molecular weight is 1070 g/mol. The van der Waals surface area contributed by atoms with E-state index < -0.39 is 6.10 Å². The fourth-order valence-electron chi connectivity index (χ4n) is 8.08. The molecule has 436 valence electrons. The van der Waals surface area contributed by atoms with Crippen LogP contribution in [0, 0.1) is 0 Å². The zero-order valence-electron chi connectivity index (χ0n) is 49.8. The minimum absolute atomic E-state index is 0.0949. The molecule has 5 nitrogen and oxygen atoms in total. The standard InChI is InChI=1S/C73H114O5/c1-3-5-7-9-11-13-15-17-19-21-23-25-27-29-31-33-35-36-38-40-42-44-46-48-50-52-54-56-58-60-62-64-66-68-73(76)78-71(69-74)70-77-72(75)67-65-63-61-59-57-55-53-51-49-47-45-43-41-39-37-34-32-30-28-26-24-22-20-18-16-14-12-10-8-6-4-2/h5-8,11-14,17-20,23-26,29-32,35-36,40,42,46,48,52,54,58,60,71,74H,3-4,9-10,15-16,21-22,27-28,33-34,37-39,41,43-45,47,49-51,53,55-57,59,61-70H2,1-2H3/b7-5-,8-6-,13-11-,14-12-,19-17-,20-18-,25-23-,26-24-,31-29-,32-30-,36-35-,42-40-,48-46-,54-52-,60-58-. The van der Waals surface area contributed by atoms with E-state index in [4.69, 9.17) is 9.47 Å². The van der Waals surface area contributed by atoms with Crippen molar-refractivity contribution in [2.75, 3.05) is 13.2 Å². The zero-order chi connectivity index (χ0) is 56.2. The number of ether oxygens (including phenoxy) is 2. The monoisotopic (exact) mass is 1070 g/mol. The normalized spacial score (nSPS) is 13.5. The maximum Gasteiger partial charge on any atom is 0.306 e. The third-order valence-electron chi connectivity index (χ3n) is 12.7. The van der Waals surface area contributed by atoms with Crippen LogP contribution in [0.15, 0.2) is 182 Å². The van der Waals surface area contributed by atoms with Crippen molar-refractivity contribution in [1.29, 1.82) is 0 Å². The van der Waals surface area contributed by atoms with Crippen LogP contribution in [0.25, 0.3) is 0 Å². The quantitative estimate of drug-likeness (QED) is 0.0373. The molecule has 0 heterocycles. The van der Waals surface area contributed by atoms with Gasteiger partial charge in [-0.15, -0.1) is 0 Å². The van der Waals surface area contributed by atoms with Crippen LogP contribution in [-0.2, 0) is 19.1 Å². The molecule has 0 spiro atoms. The lowest BCUT2D eigenvalue weighted by Gasteiger charge is -2.15. The average Bonchev–Trinajstić information content (AvgIpc) is 3.44. The lowest BCUT2D eigenvalue weighted by molar-refractivity contribution is -0.161. The van der Waals surface area contributed by atoms with E-state index >= 15 is 0 Å². The van der Waals surface area contributed by atoms with Crippen molar-refractivity contribution in [3.8, 4) is 0 Å². The minimum atomic E-state index is -0.811. The third-order valence-corrected chi connectivity index (χ3v) is 12.7. The number of rotatable bonds is 55. The third kappa shape index (κ3) is 63.5. The van der Waals surface area contributed by atoms with Gasteiger partial charge in [-0.2, -0.15) is 0 Å². The van der Waals surface area contributed by atoms with Gasteiger partial charge in [0.1, 0.15) is 6.61 Å². The van der Waals surface area contributed by atoms with E-state index in [1.165, 1.54) is 83.5 Å². The van der Waals surface area contributed by atoms with Gasteiger partial charge < -0.3 is 14.6 Å². The van der Waals surface area contributed by atoms with E-state index in [-0.39, 0.29) is 31.6 Å². The van der Waals surface area contributed by atoms with Crippen LogP contribution in [0.4, 0.5) is 0 Å². The molecule has 0 aromatic heterocycles. The fraction of sp³-hybridized carbons (Fsp3) is 0.562. The van der Waals surface area contributed by atoms with Crippen molar-refractivity contribution in [3.63, 3.8) is 0 Å². The Morgan fingerprint density at radius 1 is 0.295 bits per heavy atom. The van der Waals surface area contributed by atoms with Crippen molar-refractivity contribution < 1.29 is 24.2 Å². The maximum absolute atomic E-state index is 12.3. The van der Waals surface area contributed by atoms with Gasteiger partial charge in [0.25, 0.3) is 0 Å². The first-order valence-corrected chi connectivity index (χ1v) is 31.3. The Labute approximate surface area is 480 Å². The van der Waals surface area contributed by atoms with Crippen molar-refractivity contribution in [2.45, 2.75) is 251 Å². The highest BCUT2D eigenvalue weighted by atomic mass is 16.6. The second-order valence-corrected chi connectivity index (χ2v) is 20.0. The van der Waals surface area contributed by atoms with Crippen molar-refractivity contribution in [1.82, 2.24) is 0 Å². The van der Waals surface area contributed by atoms with E-state index in [9.17, 15) is 14.7 Å². The lowest BCUT2D eigenvalue weighted by Crippen LogP contribution is -2.28. The molecule has 0 radical (unpaired) electrons. The Morgan fingerprint density at radius 2 is 0.513 bits per heavy atom. The summed E-state index contributed by atoms with van der Waals surface area (Å²) in [5, 5.41) is 9.67. The van der Waals surface area contributed by atoms with Crippen molar-refractivity contribution in [3.05, 3.63) is 182 Å².